The van der Waals surface area contributed by atoms with E-state index in [4.69, 9.17) is 18.7 Å². The Morgan fingerprint density at radius 1 is 0.946 bits per heavy atom. The molecule has 4 rings (SSSR count). The van der Waals surface area contributed by atoms with Gasteiger partial charge in [0.2, 0.25) is 0 Å². The quantitative estimate of drug-likeness (QED) is 0.269. The Morgan fingerprint density at radius 2 is 1.70 bits per heavy atom. The third kappa shape index (κ3) is 7.27. The SMILES string of the molecule is CCCCCCC(Oc1cc(OC(C)C)ccc1-c1oncc1-c1ccc(OC)cc1)N1CCNCC1. The first-order valence-corrected chi connectivity index (χ1v) is 13.6. The number of nitrogens with zero attached hydrogens (tertiary/aromatic N) is 2. The van der Waals surface area contributed by atoms with Crippen LogP contribution in [-0.2, 0) is 0 Å². The minimum absolute atomic E-state index is 0.0145. The number of benzene rings is 2. The molecule has 1 aromatic heterocycles. The molecule has 37 heavy (non-hydrogen) atoms. The van der Waals surface area contributed by atoms with Gasteiger partial charge < -0.3 is 24.1 Å². The van der Waals surface area contributed by atoms with E-state index in [-0.39, 0.29) is 12.3 Å². The zero-order valence-corrected chi connectivity index (χ0v) is 22.7. The van der Waals surface area contributed by atoms with Crippen LogP contribution in [-0.4, -0.2) is 55.7 Å². The van der Waals surface area contributed by atoms with Crippen molar-refractivity contribution in [2.24, 2.45) is 0 Å². The molecule has 1 unspecified atom stereocenters. The molecule has 0 spiro atoms. The molecule has 1 fully saturated rings. The van der Waals surface area contributed by atoms with Gasteiger partial charge in [-0.25, -0.2) is 0 Å². The van der Waals surface area contributed by atoms with Crippen LogP contribution in [0.3, 0.4) is 0 Å². The normalized spacial score (nSPS) is 15.1. The molecule has 1 saturated heterocycles. The van der Waals surface area contributed by atoms with Crippen molar-refractivity contribution < 1.29 is 18.7 Å². The number of nitrogens with one attached hydrogen (secondary N) is 1. The summed E-state index contributed by atoms with van der Waals surface area (Å²) >= 11 is 0. The Kier molecular flexibility index (Phi) is 9.85. The van der Waals surface area contributed by atoms with Crippen LogP contribution < -0.4 is 19.5 Å². The van der Waals surface area contributed by atoms with Gasteiger partial charge in [0, 0.05) is 37.8 Å². The maximum absolute atomic E-state index is 6.85. The number of rotatable bonds is 13. The summed E-state index contributed by atoms with van der Waals surface area (Å²) in [5.74, 6) is 3.03. The smallest absolute Gasteiger partial charge is 0.178 e. The summed E-state index contributed by atoms with van der Waals surface area (Å²) in [4.78, 5) is 2.45. The molecule has 1 atom stereocenters. The lowest BCUT2D eigenvalue weighted by Crippen LogP contribution is -2.50. The molecule has 200 valence electrons. The van der Waals surface area contributed by atoms with E-state index in [9.17, 15) is 0 Å². The van der Waals surface area contributed by atoms with Gasteiger partial charge in [0.1, 0.15) is 17.2 Å². The molecule has 0 radical (unpaired) electrons. The molecule has 0 saturated carbocycles. The summed E-state index contributed by atoms with van der Waals surface area (Å²) in [6.07, 6.45) is 7.62. The van der Waals surface area contributed by atoms with Crippen LogP contribution >= 0.6 is 0 Å². The Balaban J connectivity index is 1.68. The zero-order valence-electron chi connectivity index (χ0n) is 22.7. The monoisotopic (exact) mass is 507 g/mol. The van der Waals surface area contributed by atoms with Crippen molar-refractivity contribution in [3.8, 4) is 39.7 Å². The van der Waals surface area contributed by atoms with Gasteiger partial charge in [-0.15, -0.1) is 0 Å². The van der Waals surface area contributed by atoms with E-state index in [1.54, 1.807) is 13.3 Å². The molecule has 7 heteroatoms. The fraction of sp³-hybridized carbons (Fsp3) is 0.500. The van der Waals surface area contributed by atoms with E-state index in [1.807, 2.05) is 56.3 Å². The van der Waals surface area contributed by atoms with Gasteiger partial charge in [-0.05, 0) is 56.5 Å². The first-order valence-electron chi connectivity index (χ1n) is 13.6. The lowest BCUT2D eigenvalue weighted by atomic mass is 10.0. The van der Waals surface area contributed by atoms with Crippen LogP contribution in [0.2, 0.25) is 0 Å². The zero-order chi connectivity index (χ0) is 26.0. The van der Waals surface area contributed by atoms with Crippen LogP contribution in [0.4, 0.5) is 0 Å². The molecule has 2 heterocycles. The lowest BCUT2D eigenvalue weighted by Gasteiger charge is -2.35. The first-order chi connectivity index (χ1) is 18.1. The summed E-state index contributed by atoms with van der Waals surface area (Å²) in [5, 5.41) is 7.62. The summed E-state index contributed by atoms with van der Waals surface area (Å²) in [7, 11) is 1.67. The van der Waals surface area contributed by atoms with Crippen molar-refractivity contribution in [2.45, 2.75) is 65.2 Å². The Morgan fingerprint density at radius 3 is 2.41 bits per heavy atom. The third-order valence-electron chi connectivity index (χ3n) is 6.67. The van der Waals surface area contributed by atoms with E-state index in [0.29, 0.717) is 5.76 Å². The third-order valence-corrected chi connectivity index (χ3v) is 6.67. The standard InChI is InChI=1S/C30H41N3O4/c1-5-6-7-8-9-29(33-18-16-31-17-19-33)36-28-20-25(35-22(2)3)14-15-26(28)30-27(21-32-37-30)23-10-12-24(34-4)13-11-23/h10-15,20-22,29,31H,5-9,16-19H2,1-4H3. The Hall–Kier alpha value is -3.03. The molecule has 1 aliphatic rings. The van der Waals surface area contributed by atoms with Gasteiger partial charge >= 0.3 is 0 Å². The summed E-state index contributed by atoms with van der Waals surface area (Å²) in [6.45, 7) is 10.2. The van der Waals surface area contributed by atoms with Crippen molar-refractivity contribution in [1.82, 2.24) is 15.4 Å². The average molecular weight is 508 g/mol. The summed E-state index contributed by atoms with van der Waals surface area (Å²) < 4.78 is 24.1. The topological polar surface area (TPSA) is 69.0 Å². The number of unbranched alkanes of at least 4 members (excludes halogenated alkanes) is 3. The molecule has 0 aliphatic carbocycles. The number of hydrogen-bond donors (Lipinski definition) is 1. The second kappa shape index (κ2) is 13.5. The highest BCUT2D eigenvalue weighted by Gasteiger charge is 2.25. The summed E-state index contributed by atoms with van der Waals surface area (Å²) in [6, 6.07) is 13.9. The number of ether oxygens (including phenoxy) is 3. The maximum atomic E-state index is 6.85. The van der Waals surface area contributed by atoms with E-state index in [2.05, 4.69) is 22.3 Å². The molecule has 1 N–H and O–H groups in total. The van der Waals surface area contributed by atoms with Crippen molar-refractivity contribution in [3.05, 3.63) is 48.7 Å². The van der Waals surface area contributed by atoms with Gasteiger partial charge in [0.15, 0.2) is 12.0 Å². The van der Waals surface area contributed by atoms with Gasteiger partial charge in [0.05, 0.1) is 25.0 Å². The Labute approximate surface area is 221 Å². The van der Waals surface area contributed by atoms with Crippen LogP contribution in [0.5, 0.6) is 17.2 Å². The predicted molar refractivity (Wildman–Crippen MR) is 147 cm³/mol. The van der Waals surface area contributed by atoms with E-state index < -0.39 is 0 Å². The second-order valence-electron chi connectivity index (χ2n) is 9.83. The average Bonchev–Trinajstić information content (AvgIpc) is 3.40. The van der Waals surface area contributed by atoms with Crippen molar-refractivity contribution in [3.63, 3.8) is 0 Å². The number of piperazine rings is 1. The number of hydrogen-bond acceptors (Lipinski definition) is 7. The van der Waals surface area contributed by atoms with Gasteiger partial charge in [0.25, 0.3) is 0 Å². The number of methoxy groups -OCH3 is 1. The number of aromatic nitrogens is 1. The molecular weight excluding hydrogens is 466 g/mol. The molecule has 0 bridgehead atoms. The van der Waals surface area contributed by atoms with Crippen molar-refractivity contribution in [2.75, 3.05) is 33.3 Å². The lowest BCUT2D eigenvalue weighted by molar-refractivity contribution is 0.00931. The van der Waals surface area contributed by atoms with E-state index >= 15 is 0 Å². The van der Waals surface area contributed by atoms with Crippen molar-refractivity contribution >= 4 is 0 Å². The second-order valence-corrected chi connectivity index (χ2v) is 9.83. The van der Waals surface area contributed by atoms with Crippen molar-refractivity contribution in [1.29, 1.82) is 0 Å². The van der Waals surface area contributed by atoms with Crippen LogP contribution in [0.25, 0.3) is 22.5 Å². The summed E-state index contributed by atoms with van der Waals surface area (Å²) in [5.41, 5.74) is 2.78. The first kappa shape index (κ1) is 27.0. The van der Waals surface area contributed by atoms with Crippen LogP contribution in [0.1, 0.15) is 52.9 Å². The Bertz CT molecular complexity index is 1090. The highest BCUT2D eigenvalue weighted by molar-refractivity contribution is 5.82. The fourth-order valence-corrected chi connectivity index (χ4v) is 4.72. The fourth-order valence-electron chi connectivity index (χ4n) is 4.72. The van der Waals surface area contributed by atoms with E-state index in [1.165, 1.54) is 19.3 Å². The van der Waals surface area contributed by atoms with E-state index in [0.717, 1.165) is 73.0 Å². The molecule has 7 nitrogen and oxygen atoms in total. The largest absolute Gasteiger partial charge is 0.497 e. The molecule has 1 aliphatic heterocycles. The molecule has 3 aromatic rings. The van der Waals surface area contributed by atoms with Crippen LogP contribution in [0, 0.1) is 0 Å². The highest BCUT2D eigenvalue weighted by Crippen LogP contribution is 2.40. The molecular formula is C30H41N3O4. The highest BCUT2D eigenvalue weighted by atomic mass is 16.5. The van der Waals surface area contributed by atoms with Gasteiger partial charge in [-0.1, -0.05) is 43.5 Å². The minimum atomic E-state index is -0.0145. The molecule has 0 amide bonds. The maximum Gasteiger partial charge on any atom is 0.178 e. The predicted octanol–water partition coefficient (Wildman–Crippen LogP) is 6.38. The minimum Gasteiger partial charge on any atom is -0.497 e. The van der Waals surface area contributed by atoms with Crippen LogP contribution in [0.15, 0.2) is 53.2 Å². The van der Waals surface area contributed by atoms with Gasteiger partial charge in [-0.3, -0.25) is 4.90 Å². The van der Waals surface area contributed by atoms with Gasteiger partial charge in [-0.2, -0.15) is 0 Å². The molecule has 2 aromatic carbocycles.